The molecule has 0 aliphatic rings. The quantitative estimate of drug-likeness (QED) is 0.299. The summed E-state index contributed by atoms with van der Waals surface area (Å²) in [5.74, 6) is 0.0786. The van der Waals surface area contributed by atoms with Gasteiger partial charge in [0.25, 0.3) is 0 Å². The van der Waals surface area contributed by atoms with Gasteiger partial charge in [-0.25, -0.2) is 4.99 Å². The molecule has 0 aromatic heterocycles. The van der Waals surface area contributed by atoms with Crippen molar-refractivity contribution in [1.82, 2.24) is 5.48 Å². The highest BCUT2D eigenvalue weighted by molar-refractivity contribution is 6.29. The fraction of sp³-hybridized carbons (Fsp3) is 0.200. The predicted octanol–water partition coefficient (Wildman–Crippen LogP) is 1.77. The van der Waals surface area contributed by atoms with E-state index in [1.807, 2.05) is 37.5 Å². The van der Waals surface area contributed by atoms with Gasteiger partial charge in [-0.15, -0.1) is 0 Å². The van der Waals surface area contributed by atoms with E-state index in [1.165, 1.54) is 0 Å². The molecule has 0 atom stereocenters. The molecular weight excluding hydrogens is 194 g/mol. The Hall–Kier alpha value is -1.88. The summed E-state index contributed by atoms with van der Waals surface area (Å²) in [6.45, 7) is 3.83. The lowest BCUT2D eigenvalue weighted by molar-refractivity contribution is 0.236. The highest BCUT2D eigenvalue weighted by atomic mass is 16.5. The Morgan fingerprint density at radius 3 is 2.40 bits per heavy atom. The van der Waals surface area contributed by atoms with Crippen LogP contribution in [0, 0.1) is 13.8 Å². The molecule has 3 N–H and O–H groups in total. The molecule has 1 aromatic carbocycles. The van der Waals surface area contributed by atoms with Gasteiger partial charge in [0.15, 0.2) is 5.84 Å². The fourth-order valence-electron chi connectivity index (χ4n) is 1.24. The number of para-hydroxylation sites is 1. The smallest absolute Gasteiger partial charge is 0.172 e. The molecule has 5 nitrogen and oxygen atoms in total. The second kappa shape index (κ2) is 5.11. The second-order valence-corrected chi connectivity index (χ2v) is 3.09. The summed E-state index contributed by atoms with van der Waals surface area (Å²) in [5.41, 5.74) is 4.55. The van der Waals surface area contributed by atoms with Crippen molar-refractivity contribution in [3.8, 4) is 0 Å². The highest BCUT2D eigenvalue weighted by Gasteiger charge is 2.01. The third-order valence-corrected chi connectivity index (χ3v) is 1.97. The minimum atomic E-state index is 0.0786. The van der Waals surface area contributed by atoms with Gasteiger partial charge in [0.2, 0.25) is 0 Å². The first-order valence-corrected chi connectivity index (χ1v) is 4.41. The first kappa shape index (κ1) is 11.2. The molecule has 0 heterocycles. The first-order valence-electron chi connectivity index (χ1n) is 4.41. The highest BCUT2D eigenvalue weighted by Crippen LogP contribution is 2.22. The molecule has 80 valence electrons. The maximum absolute atomic E-state index is 8.72. The van der Waals surface area contributed by atoms with Crippen molar-refractivity contribution in [2.24, 2.45) is 10.1 Å². The van der Waals surface area contributed by atoms with Crippen LogP contribution >= 0.6 is 0 Å². The van der Waals surface area contributed by atoms with Crippen molar-refractivity contribution in [3.05, 3.63) is 29.3 Å². The summed E-state index contributed by atoms with van der Waals surface area (Å²) in [5, 5.41) is 19.8. The number of hydrogen-bond donors (Lipinski definition) is 3. The normalized spacial score (nSPS) is 12.1. The maximum atomic E-state index is 8.72. The van der Waals surface area contributed by atoms with Gasteiger partial charge in [0.05, 0.1) is 5.69 Å². The molecule has 0 spiro atoms. The number of rotatable bonds is 2. The average molecular weight is 207 g/mol. The molecule has 0 radical (unpaired) electrons. The number of hydrogen-bond acceptors (Lipinski definition) is 4. The van der Waals surface area contributed by atoms with Crippen molar-refractivity contribution in [2.75, 3.05) is 0 Å². The Balaban J connectivity index is 3.16. The van der Waals surface area contributed by atoms with E-state index in [9.17, 15) is 0 Å². The van der Waals surface area contributed by atoms with Crippen LogP contribution in [0.5, 0.6) is 0 Å². The summed E-state index contributed by atoms with van der Waals surface area (Å²) in [6, 6.07) is 5.75. The molecule has 0 unspecified atom stereocenters. The van der Waals surface area contributed by atoms with E-state index >= 15 is 0 Å². The van der Waals surface area contributed by atoms with E-state index in [-0.39, 0.29) is 5.84 Å². The molecule has 1 rings (SSSR count). The summed E-state index contributed by atoms with van der Waals surface area (Å²) < 4.78 is 0. The van der Waals surface area contributed by atoms with Crippen LogP contribution in [0.2, 0.25) is 0 Å². The largest absolute Gasteiger partial charge is 0.411 e. The minimum absolute atomic E-state index is 0.0786. The third-order valence-electron chi connectivity index (χ3n) is 1.97. The van der Waals surface area contributed by atoms with Gasteiger partial charge in [0, 0.05) is 0 Å². The van der Waals surface area contributed by atoms with E-state index in [4.69, 9.17) is 10.4 Å². The van der Waals surface area contributed by atoms with Crippen LogP contribution in [0.15, 0.2) is 28.3 Å². The van der Waals surface area contributed by atoms with E-state index < -0.39 is 0 Å². The zero-order valence-electron chi connectivity index (χ0n) is 8.60. The summed E-state index contributed by atoms with van der Waals surface area (Å²) >= 11 is 0. The fourth-order valence-corrected chi connectivity index (χ4v) is 1.24. The van der Waals surface area contributed by atoms with Gasteiger partial charge in [-0.1, -0.05) is 23.4 Å². The zero-order valence-corrected chi connectivity index (χ0v) is 8.60. The van der Waals surface area contributed by atoms with Crippen molar-refractivity contribution in [1.29, 1.82) is 0 Å². The lowest BCUT2D eigenvalue weighted by Crippen LogP contribution is -2.20. The Morgan fingerprint density at radius 2 is 1.93 bits per heavy atom. The van der Waals surface area contributed by atoms with Gasteiger partial charge in [0.1, 0.15) is 6.21 Å². The zero-order chi connectivity index (χ0) is 11.3. The van der Waals surface area contributed by atoms with Crippen LogP contribution < -0.4 is 5.48 Å². The van der Waals surface area contributed by atoms with E-state index in [0.717, 1.165) is 23.0 Å². The van der Waals surface area contributed by atoms with Crippen molar-refractivity contribution in [2.45, 2.75) is 13.8 Å². The summed E-state index contributed by atoms with van der Waals surface area (Å²) in [4.78, 5) is 4.11. The Bertz CT molecular complexity index is 379. The molecule has 0 amide bonds. The number of oxime groups is 1. The van der Waals surface area contributed by atoms with E-state index in [1.54, 1.807) is 0 Å². The number of benzene rings is 1. The minimum Gasteiger partial charge on any atom is -0.411 e. The monoisotopic (exact) mass is 207 g/mol. The maximum Gasteiger partial charge on any atom is 0.172 e. The number of hydroxylamine groups is 1. The predicted molar refractivity (Wildman–Crippen MR) is 58.2 cm³/mol. The number of aliphatic imine (C=N–C) groups is 1. The molecule has 0 fully saturated rings. The van der Waals surface area contributed by atoms with Gasteiger partial charge in [-0.05, 0) is 25.0 Å². The molecule has 1 aromatic rings. The van der Waals surface area contributed by atoms with Crippen LogP contribution in [0.25, 0.3) is 0 Å². The first-order chi connectivity index (χ1) is 7.19. The molecule has 0 aliphatic carbocycles. The summed E-state index contributed by atoms with van der Waals surface area (Å²) in [6.07, 6.45) is 1.02. The van der Waals surface area contributed by atoms with Crippen LogP contribution in [0.1, 0.15) is 11.1 Å². The molecule has 0 bridgehead atoms. The Kier molecular flexibility index (Phi) is 3.82. The number of nitrogens with one attached hydrogen (secondary N) is 1. The molecule has 0 saturated carbocycles. The number of aryl methyl sites for hydroxylation is 2. The number of nitrogens with zero attached hydrogens (tertiary/aromatic N) is 2. The molecule has 15 heavy (non-hydrogen) atoms. The van der Waals surface area contributed by atoms with Gasteiger partial charge < -0.3 is 5.21 Å². The molecule has 5 heteroatoms. The molecule has 0 aliphatic heterocycles. The van der Waals surface area contributed by atoms with Gasteiger partial charge >= 0.3 is 0 Å². The Morgan fingerprint density at radius 1 is 1.33 bits per heavy atom. The van der Waals surface area contributed by atoms with Crippen molar-refractivity contribution in [3.63, 3.8) is 0 Å². The van der Waals surface area contributed by atoms with Crippen LogP contribution in [-0.2, 0) is 0 Å². The van der Waals surface area contributed by atoms with E-state index in [2.05, 4.69) is 10.1 Å². The lowest BCUT2D eigenvalue weighted by Gasteiger charge is -2.05. The van der Waals surface area contributed by atoms with Crippen LogP contribution in [-0.4, -0.2) is 22.5 Å². The van der Waals surface area contributed by atoms with Gasteiger partial charge in [-0.2, -0.15) is 0 Å². The lowest BCUT2D eigenvalue weighted by atomic mass is 10.1. The van der Waals surface area contributed by atoms with E-state index in [0.29, 0.717) is 0 Å². The summed E-state index contributed by atoms with van der Waals surface area (Å²) in [7, 11) is 0. The SMILES string of the molecule is Cc1cccc(C)c1N=C(/C=N/O)NO. The standard InChI is InChI=1S/C10H13N3O2/c1-7-4-3-5-8(2)10(7)12-9(13-15)6-11-14/h3-6,14-15H,1-2H3,(H,12,13)/b11-6+. The van der Waals surface area contributed by atoms with Crippen molar-refractivity contribution >= 4 is 17.7 Å². The van der Waals surface area contributed by atoms with Crippen LogP contribution in [0.3, 0.4) is 0 Å². The number of amidine groups is 1. The molecule has 0 saturated heterocycles. The van der Waals surface area contributed by atoms with Crippen molar-refractivity contribution < 1.29 is 10.4 Å². The average Bonchev–Trinajstić information content (AvgIpc) is 2.22. The van der Waals surface area contributed by atoms with Crippen LogP contribution in [0.4, 0.5) is 5.69 Å². The van der Waals surface area contributed by atoms with Gasteiger partial charge in [-0.3, -0.25) is 10.7 Å². The third kappa shape index (κ3) is 2.78. The Labute approximate surface area is 87.7 Å². The second-order valence-electron chi connectivity index (χ2n) is 3.09. The topological polar surface area (TPSA) is 77.2 Å². The molecular formula is C10H13N3O2.